The zero-order valence-corrected chi connectivity index (χ0v) is 11.4. The molecule has 0 spiro atoms. The van der Waals surface area contributed by atoms with Crippen molar-refractivity contribution >= 4 is 11.8 Å². The molecule has 0 amide bonds. The molecule has 0 radical (unpaired) electrons. The number of hydrogen-bond acceptors (Lipinski definition) is 5. The standard InChI is InChI=1S/C11H21N5S/c1-4-5-6-9-17-11-13-14-15-16(11)8-7-12-10(2)3/h4,10,12H,1,5-9H2,2-3H3. The Kier molecular flexibility index (Phi) is 6.88. The van der Waals surface area contributed by atoms with Crippen molar-refractivity contribution in [3.05, 3.63) is 12.7 Å². The fourth-order valence-electron chi connectivity index (χ4n) is 1.29. The molecule has 1 N–H and O–H groups in total. The van der Waals surface area contributed by atoms with E-state index in [1.807, 2.05) is 10.8 Å². The quantitative estimate of drug-likeness (QED) is 0.414. The van der Waals surface area contributed by atoms with Gasteiger partial charge in [0.05, 0.1) is 6.54 Å². The van der Waals surface area contributed by atoms with Crippen LogP contribution in [0.1, 0.15) is 26.7 Å². The minimum atomic E-state index is 0.496. The molecule has 0 aliphatic heterocycles. The highest BCUT2D eigenvalue weighted by Crippen LogP contribution is 2.15. The molecule has 0 saturated carbocycles. The molecule has 17 heavy (non-hydrogen) atoms. The fourth-order valence-corrected chi connectivity index (χ4v) is 2.16. The largest absolute Gasteiger partial charge is 0.313 e. The SMILES string of the molecule is C=CCCCSc1nnnn1CCNC(C)C. The van der Waals surface area contributed by atoms with Gasteiger partial charge in [0.1, 0.15) is 0 Å². The van der Waals surface area contributed by atoms with E-state index in [-0.39, 0.29) is 0 Å². The second kappa shape index (κ2) is 8.25. The van der Waals surface area contributed by atoms with Crippen molar-refractivity contribution in [2.24, 2.45) is 0 Å². The van der Waals surface area contributed by atoms with Crippen LogP contribution in [0.25, 0.3) is 0 Å². The minimum Gasteiger partial charge on any atom is -0.313 e. The first-order chi connectivity index (χ1) is 8.24. The summed E-state index contributed by atoms with van der Waals surface area (Å²) in [7, 11) is 0. The number of hydrogen-bond donors (Lipinski definition) is 1. The first-order valence-electron chi connectivity index (χ1n) is 5.97. The number of nitrogens with one attached hydrogen (secondary N) is 1. The Morgan fingerprint density at radius 2 is 2.35 bits per heavy atom. The molecule has 0 aromatic carbocycles. The lowest BCUT2D eigenvalue weighted by atomic mass is 10.3. The molecule has 0 atom stereocenters. The van der Waals surface area contributed by atoms with Gasteiger partial charge in [0, 0.05) is 18.3 Å². The Balaban J connectivity index is 2.29. The van der Waals surface area contributed by atoms with Gasteiger partial charge in [-0.25, -0.2) is 4.68 Å². The lowest BCUT2D eigenvalue weighted by Crippen LogP contribution is -2.27. The summed E-state index contributed by atoms with van der Waals surface area (Å²) in [6, 6.07) is 0.496. The molecule has 5 nitrogen and oxygen atoms in total. The van der Waals surface area contributed by atoms with Gasteiger partial charge in [0.15, 0.2) is 0 Å². The van der Waals surface area contributed by atoms with Gasteiger partial charge < -0.3 is 5.32 Å². The molecule has 1 rings (SSSR count). The van der Waals surface area contributed by atoms with E-state index in [1.54, 1.807) is 11.8 Å². The van der Waals surface area contributed by atoms with Crippen molar-refractivity contribution in [3.63, 3.8) is 0 Å². The van der Waals surface area contributed by atoms with Gasteiger partial charge in [0.2, 0.25) is 5.16 Å². The minimum absolute atomic E-state index is 0.496. The molecule has 0 fully saturated rings. The van der Waals surface area contributed by atoms with Crippen molar-refractivity contribution in [2.45, 2.75) is 44.4 Å². The molecular formula is C11H21N5S. The maximum absolute atomic E-state index is 4.02. The third kappa shape index (κ3) is 5.83. The third-order valence-corrected chi connectivity index (χ3v) is 3.20. The third-order valence-electron chi connectivity index (χ3n) is 2.16. The van der Waals surface area contributed by atoms with E-state index in [1.165, 1.54) is 0 Å². The van der Waals surface area contributed by atoms with Crippen molar-refractivity contribution < 1.29 is 0 Å². The van der Waals surface area contributed by atoms with Crippen LogP contribution in [0.2, 0.25) is 0 Å². The summed E-state index contributed by atoms with van der Waals surface area (Å²) in [4.78, 5) is 0. The van der Waals surface area contributed by atoms with Gasteiger partial charge in [-0.2, -0.15) is 0 Å². The van der Waals surface area contributed by atoms with E-state index in [2.05, 4.69) is 41.3 Å². The van der Waals surface area contributed by atoms with Crippen LogP contribution in [0.15, 0.2) is 17.8 Å². The van der Waals surface area contributed by atoms with E-state index in [0.717, 1.165) is 36.8 Å². The summed E-state index contributed by atoms with van der Waals surface area (Å²) in [6.45, 7) is 9.67. The van der Waals surface area contributed by atoms with E-state index >= 15 is 0 Å². The molecule has 6 heteroatoms. The molecule has 1 aromatic heterocycles. The summed E-state index contributed by atoms with van der Waals surface area (Å²) in [5.74, 6) is 1.03. The number of rotatable bonds is 9. The highest BCUT2D eigenvalue weighted by atomic mass is 32.2. The van der Waals surface area contributed by atoms with Gasteiger partial charge in [0.25, 0.3) is 0 Å². The topological polar surface area (TPSA) is 55.6 Å². The van der Waals surface area contributed by atoms with Crippen LogP contribution in [-0.2, 0) is 6.54 Å². The number of aromatic nitrogens is 4. The first-order valence-corrected chi connectivity index (χ1v) is 6.96. The van der Waals surface area contributed by atoms with E-state index in [0.29, 0.717) is 6.04 Å². The van der Waals surface area contributed by atoms with Gasteiger partial charge in [-0.15, -0.1) is 11.7 Å². The maximum atomic E-state index is 4.02. The zero-order chi connectivity index (χ0) is 12.5. The summed E-state index contributed by atoms with van der Waals surface area (Å²) < 4.78 is 1.86. The lowest BCUT2D eigenvalue weighted by Gasteiger charge is -2.08. The summed E-state index contributed by atoms with van der Waals surface area (Å²) >= 11 is 1.70. The van der Waals surface area contributed by atoms with Gasteiger partial charge in [-0.1, -0.05) is 31.7 Å². The summed E-state index contributed by atoms with van der Waals surface area (Å²) in [5.41, 5.74) is 0. The van der Waals surface area contributed by atoms with Crippen LogP contribution in [-0.4, -0.2) is 38.5 Å². The van der Waals surface area contributed by atoms with Crippen LogP contribution in [0.5, 0.6) is 0 Å². The normalized spacial score (nSPS) is 11.0. The van der Waals surface area contributed by atoms with Crippen LogP contribution >= 0.6 is 11.8 Å². The molecule has 0 aliphatic carbocycles. The molecular weight excluding hydrogens is 234 g/mol. The molecule has 96 valence electrons. The monoisotopic (exact) mass is 255 g/mol. The number of allylic oxidation sites excluding steroid dienone is 1. The number of thioether (sulfide) groups is 1. The molecule has 0 aliphatic rings. The molecule has 1 heterocycles. The van der Waals surface area contributed by atoms with Crippen LogP contribution in [0.3, 0.4) is 0 Å². The zero-order valence-electron chi connectivity index (χ0n) is 10.6. The Labute approximate surface area is 107 Å². The average molecular weight is 255 g/mol. The van der Waals surface area contributed by atoms with E-state index in [4.69, 9.17) is 0 Å². The smallest absolute Gasteiger partial charge is 0.209 e. The highest BCUT2D eigenvalue weighted by Gasteiger charge is 2.05. The van der Waals surface area contributed by atoms with E-state index < -0.39 is 0 Å². The predicted octanol–water partition coefficient (Wildman–Crippen LogP) is 1.73. The fraction of sp³-hybridized carbons (Fsp3) is 0.727. The second-order valence-electron chi connectivity index (χ2n) is 4.07. The van der Waals surface area contributed by atoms with Gasteiger partial charge in [-0.05, 0) is 23.3 Å². The molecule has 1 aromatic rings. The summed E-state index contributed by atoms with van der Waals surface area (Å²) in [5, 5.41) is 16.0. The number of nitrogens with zero attached hydrogens (tertiary/aromatic N) is 4. The first kappa shape index (κ1) is 14.2. The van der Waals surface area contributed by atoms with Crippen molar-refractivity contribution in [2.75, 3.05) is 12.3 Å². The highest BCUT2D eigenvalue weighted by molar-refractivity contribution is 7.99. The molecule has 0 unspecified atom stereocenters. The maximum Gasteiger partial charge on any atom is 0.209 e. The Morgan fingerprint density at radius 3 is 3.06 bits per heavy atom. The molecule has 0 saturated heterocycles. The second-order valence-corrected chi connectivity index (χ2v) is 5.13. The Hall–Kier alpha value is -0.880. The van der Waals surface area contributed by atoms with Crippen molar-refractivity contribution in [3.8, 4) is 0 Å². The van der Waals surface area contributed by atoms with Gasteiger partial charge >= 0.3 is 0 Å². The number of tetrazole rings is 1. The molecule has 0 bridgehead atoms. The lowest BCUT2D eigenvalue weighted by molar-refractivity contribution is 0.485. The van der Waals surface area contributed by atoms with Crippen LogP contribution < -0.4 is 5.32 Å². The average Bonchev–Trinajstić information content (AvgIpc) is 2.72. The summed E-state index contributed by atoms with van der Waals surface area (Å²) in [6.07, 6.45) is 4.10. The predicted molar refractivity (Wildman–Crippen MR) is 71.1 cm³/mol. The van der Waals surface area contributed by atoms with Crippen molar-refractivity contribution in [1.29, 1.82) is 0 Å². The van der Waals surface area contributed by atoms with Crippen LogP contribution in [0.4, 0.5) is 0 Å². The van der Waals surface area contributed by atoms with Crippen molar-refractivity contribution in [1.82, 2.24) is 25.5 Å². The van der Waals surface area contributed by atoms with E-state index in [9.17, 15) is 0 Å². The Morgan fingerprint density at radius 1 is 1.53 bits per heavy atom. The number of unbranched alkanes of at least 4 members (excludes halogenated alkanes) is 1. The van der Waals surface area contributed by atoms with Crippen LogP contribution in [0, 0.1) is 0 Å². The van der Waals surface area contributed by atoms with Gasteiger partial charge in [-0.3, -0.25) is 0 Å². The Bertz CT molecular complexity index is 323.